The van der Waals surface area contributed by atoms with E-state index < -0.39 is 5.60 Å². The van der Waals surface area contributed by atoms with Gasteiger partial charge in [0.15, 0.2) is 5.60 Å². The van der Waals surface area contributed by atoms with Crippen molar-refractivity contribution in [1.29, 1.82) is 0 Å². The van der Waals surface area contributed by atoms with E-state index in [1.807, 2.05) is 0 Å². The summed E-state index contributed by atoms with van der Waals surface area (Å²) in [4.78, 5) is 14.7. The van der Waals surface area contributed by atoms with E-state index in [-0.39, 0.29) is 11.4 Å². The Balaban J connectivity index is 2.03. The zero-order chi connectivity index (χ0) is 18.7. The van der Waals surface area contributed by atoms with Gasteiger partial charge in [-0.15, -0.1) is 0 Å². The molecular weight excluding hydrogens is 312 g/mol. The summed E-state index contributed by atoms with van der Waals surface area (Å²) in [6.45, 7) is 12.2. The lowest BCUT2D eigenvalue weighted by Gasteiger charge is -2.40. The zero-order valence-electron chi connectivity index (χ0n) is 16.4. The maximum atomic E-state index is 12.9. The van der Waals surface area contributed by atoms with Gasteiger partial charge in [-0.3, -0.25) is 4.79 Å². The maximum absolute atomic E-state index is 12.9. The highest BCUT2D eigenvalue weighted by Gasteiger charge is 2.42. The van der Waals surface area contributed by atoms with Crippen LogP contribution in [0.2, 0.25) is 0 Å². The van der Waals surface area contributed by atoms with Crippen LogP contribution in [0.1, 0.15) is 70.9 Å². The molecule has 0 unspecified atom stereocenters. The largest absolute Gasteiger partial charge is 0.379 e. The molecule has 1 aromatic rings. The minimum Gasteiger partial charge on any atom is -0.379 e. The molecule has 4 heteroatoms. The highest BCUT2D eigenvalue weighted by molar-refractivity contribution is 5.86. The highest BCUT2D eigenvalue weighted by atomic mass is 16.3. The maximum Gasteiger partial charge on any atom is 0.256 e. The van der Waals surface area contributed by atoms with Crippen molar-refractivity contribution in [2.24, 2.45) is 0 Å². The van der Waals surface area contributed by atoms with Gasteiger partial charge in [0.2, 0.25) is 0 Å². The minimum atomic E-state index is -1.29. The number of hydrogen-bond donors (Lipinski definition) is 2. The Kier molecular flexibility index (Phi) is 6.28. The Morgan fingerprint density at radius 3 is 2.48 bits per heavy atom. The summed E-state index contributed by atoms with van der Waals surface area (Å²) in [6.07, 6.45) is 2.31. The average molecular weight is 347 g/mol. The Hall–Kier alpha value is -1.39. The number of likely N-dealkylation sites (tertiary alicyclic amines) is 1. The molecular formula is C21H34N2O2. The number of benzene rings is 1. The molecule has 2 N–H and O–H groups in total. The van der Waals surface area contributed by atoms with Gasteiger partial charge < -0.3 is 15.3 Å². The third-order valence-corrected chi connectivity index (χ3v) is 5.47. The molecule has 1 amide bonds. The van der Waals surface area contributed by atoms with Gasteiger partial charge in [0.1, 0.15) is 0 Å². The Bertz CT molecular complexity index is 580. The summed E-state index contributed by atoms with van der Waals surface area (Å²) in [5, 5.41) is 14.3. The van der Waals surface area contributed by atoms with Gasteiger partial charge in [0, 0.05) is 25.2 Å². The van der Waals surface area contributed by atoms with Gasteiger partial charge in [0.05, 0.1) is 0 Å². The number of amides is 1. The first-order chi connectivity index (χ1) is 11.7. The molecule has 4 nitrogen and oxygen atoms in total. The highest BCUT2D eigenvalue weighted by Crippen LogP contribution is 2.25. The van der Waals surface area contributed by atoms with E-state index in [1.54, 1.807) is 4.90 Å². The number of carbonyl (C=O) groups excluding carboxylic acids is 1. The van der Waals surface area contributed by atoms with E-state index in [0.29, 0.717) is 32.0 Å². The summed E-state index contributed by atoms with van der Waals surface area (Å²) < 4.78 is 0. The van der Waals surface area contributed by atoms with Crippen LogP contribution in [0, 0.1) is 0 Å². The molecule has 0 radical (unpaired) electrons. The molecule has 0 saturated carbocycles. The molecule has 1 aliphatic rings. The van der Waals surface area contributed by atoms with Gasteiger partial charge in [-0.1, -0.05) is 45.0 Å². The number of piperidine rings is 1. The molecule has 25 heavy (non-hydrogen) atoms. The molecule has 0 spiro atoms. The molecule has 1 atom stereocenters. The molecule has 1 heterocycles. The SMILES string of the molecule is CCC(C)(C)NC[C@]1(O)CCCN(Cc2ccc(C(C)C)cc2)C1=O. The second-order valence-corrected chi connectivity index (χ2v) is 8.35. The van der Waals surface area contributed by atoms with Crippen molar-refractivity contribution in [3.05, 3.63) is 35.4 Å². The van der Waals surface area contributed by atoms with Crippen molar-refractivity contribution >= 4 is 5.91 Å². The van der Waals surface area contributed by atoms with Crippen molar-refractivity contribution in [2.75, 3.05) is 13.1 Å². The van der Waals surface area contributed by atoms with E-state index in [4.69, 9.17) is 0 Å². The van der Waals surface area contributed by atoms with Crippen LogP contribution in [-0.2, 0) is 11.3 Å². The number of rotatable bonds is 7. The average Bonchev–Trinajstić information content (AvgIpc) is 2.58. The van der Waals surface area contributed by atoms with Gasteiger partial charge in [-0.2, -0.15) is 0 Å². The lowest BCUT2D eigenvalue weighted by molar-refractivity contribution is -0.157. The molecule has 0 aliphatic carbocycles. The first kappa shape index (κ1) is 19.9. The summed E-state index contributed by atoms with van der Waals surface area (Å²) in [6, 6.07) is 8.45. The van der Waals surface area contributed by atoms with Crippen molar-refractivity contribution in [2.45, 2.75) is 77.5 Å². The van der Waals surface area contributed by atoms with Crippen LogP contribution >= 0.6 is 0 Å². The number of carbonyl (C=O) groups is 1. The second kappa shape index (κ2) is 7.88. The topological polar surface area (TPSA) is 52.6 Å². The van der Waals surface area contributed by atoms with Crippen LogP contribution < -0.4 is 5.32 Å². The molecule has 1 aliphatic heterocycles. The summed E-state index contributed by atoms with van der Waals surface area (Å²) >= 11 is 0. The van der Waals surface area contributed by atoms with Gasteiger partial charge in [-0.05, 0) is 50.2 Å². The van der Waals surface area contributed by atoms with E-state index in [2.05, 4.69) is 64.2 Å². The first-order valence-corrected chi connectivity index (χ1v) is 9.52. The predicted octanol–water partition coefficient (Wildman–Crippen LogP) is 3.44. The number of nitrogens with zero attached hydrogens (tertiary/aromatic N) is 1. The van der Waals surface area contributed by atoms with Crippen molar-refractivity contribution in [3.8, 4) is 0 Å². The zero-order valence-corrected chi connectivity index (χ0v) is 16.4. The Morgan fingerprint density at radius 1 is 1.28 bits per heavy atom. The minimum absolute atomic E-state index is 0.0784. The standard InChI is InChI=1S/C21H34N2O2/c1-6-20(4,5)22-15-21(25)12-7-13-23(19(21)24)14-17-8-10-18(11-9-17)16(2)3/h8-11,16,22,25H,6-7,12-15H2,1-5H3/t21-/m1/s1. The molecule has 0 bridgehead atoms. The third kappa shape index (κ3) is 5.05. The van der Waals surface area contributed by atoms with Crippen molar-refractivity contribution in [1.82, 2.24) is 10.2 Å². The number of nitrogens with one attached hydrogen (secondary N) is 1. The fourth-order valence-electron chi connectivity index (χ4n) is 3.12. The van der Waals surface area contributed by atoms with E-state index in [0.717, 1.165) is 18.4 Å². The van der Waals surface area contributed by atoms with E-state index >= 15 is 0 Å². The lowest BCUT2D eigenvalue weighted by Crippen LogP contribution is -2.60. The second-order valence-electron chi connectivity index (χ2n) is 8.35. The van der Waals surface area contributed by atoms with Crippen molar-refractivity contribution < 1.29 is 9.90 Å². The van der Waals surface area contributed by atoms with Crippen LogP contribution in [0.15, 0.2) is 24.3 Å². The number of hydrogen-bond acceptors (Lipinski definition) is 3. The quantitative estimate of drug-likeness (QED) is 0.795. The fourth-order valence-corrected chi connectivity index (χ4v) is 3.12. The third-order valence-electron chi connectivity index (χ3n) is 5.47. The van der Waals surface area contributed by atoms with Crippen LogP contribution in [-0.4, -0.2) is 40.1 Å². The smallest absolute Gasteiger partial charge is 0.256 e. The molecule has 1 fully saturated rings. The molecule has 0 aromatic heterocycles. The monoisotopic (exact) mass is 346 g/mol. The molecule has 1 saturated heterocycles. The number of β-amino-alcohol motifs (C(OH)–C–C–N with tert-alkyl or cyclic N) is 1. The van der Waals surface area contributed by atoms with Gasteiger partial charge >= 0.3 is 0 Å². The number of aliphatic hydroxyl groups is 1. The normalized spacial score (nSPS) is 21.9. The van der Waals surface area contributed by atoms with Crippen LogP contribution in [0.4, 0.5) is 0 Å². The first-order valence-electron chi connectivity index (χ1n) is 9.52. The Morgan fingerprint density at radius 2 is 1.92 bits per heavy atom. The molecule has 140 valence electrons. The molecule has 1 aromatic carbocycles. The summed E-state index contributed by atoms with van der Waals surface area (Å²) in [5.74, 6) is 0.356. The van der Waals surface area contributed by atoms with Crippen LogP contribution in [0.3, 0.4) is 0 Å². The van der Waals surface area contributed by atoms with Gasteiger partial charge in [-0.25, -0.2) is 0 Å². The molecule has 2 rings (SSSR count). The Labute approximate surface area is 152 Å². The van der Waals surface area contributed by atoms with Crippen LogP contribution in [0.5, 0.6) is 0 Å². The summed E-state index contributed by atoms with van der Waals surface area (Å²) in [5.41, 5.74) is 1.05. The van der Waals surface area contributed by atoms with Crippen molar-refractivity contribution in [3.63, 3.8) is 0 Å². The lowest BCUT2D eigenvalue weighted by atomic mass is 9.89. The van der Waals surface area contributed by atoms with Gasteiger partial charge in [0.25, 0.3) is 5.91 Å². The summed E-state index contributed by atoms with van der Waals surface area (Å²) in [7, 11) is 0. The fraction of sp³-hybridized carbons (Fsp3) is 0.667. The van der Waals surface area contributed by atoms with E-state index in [9.17, 15) is 9.90 Å². The van der Waals surface area contributed by atoms with E-state index in [1.165, 1.54) is 5.56 Å². The van der Waals surface area contributed by atoms with Crippen LogP contribution in [0.25, 0.3) is 0 Å². The predicted molar refractivity (Wildman–Crippen MR) is 103 cm³/mol.